The SMILES string of the molecule is COC(OC)C(O)Cn1[c]nnc1. The third-order valence-corrected chi connectivity index (χ3v) is 1.58. The molecular formula is C7H12N3O3. The molecule has 0 saturated carbocycles. The van der Waals surface area contributed by atoms with Crippen LogP contribution in [0.1, 0.15) is 0 Å². The van der Waals surface area contributed by atoms with Crippen molar-refractivity contribution in [1.82, 2.24) is 14.8 Å². The summed E-state index contributed by atoms with van der Waals surface area (Å²) in [5.41, 5.74) is 0. The van der Waals surface area contributed by atoms with E-state index in [9.17, 15) is 5.11 Å². The molecule has 0 spiro atoms. The average Bonchev–Trinajstić information content (AvgIpc) is 2.59. The van der Waals surface area contributed by atoms with E-state index >= 15 is 0 Å². The van der Waals surface area contributed by atoms with Crippen LogP contribution in [0.4, 0.5) is 0 Å². The molecule has 0 amide bonds. The minimum Gasteiger partial charge on any atom is -0.386 e. The first-order chi connectivity index (χ1) is 6.27. The van der Waals surface area contributed by atoms with E-state index in [1.807, 2.05) is 0 Å². The summed E-state index contributed by atoms with van der Waals surface area (Å²) in [5.74, 6) is 0. The summed E-state index contributed by atoms with van der Waals surface area (Å²) < 4.78 is 11.3. The van der Waals surface area contributed by atoms with E-state index in [2.05, 4.69) is 16.5 Å². The second kappa shape index (κ2) is 4.90. The van der Waals surface area contributed by atoms with Crippen LogP contribution < -0.4 is 0 Å². The standard InChI is InChI=1S/C7H12N3O3/c1-12-7(13-2)6(11)3-10-4-8-9-5-10/h4,6-7,11H,3H2,1-2H3. The third-order valence-electron chi connectivity index (χ3n) is 1.58. The van der Waals surface area contributed by atoms with E-state index in [1.165, 1.54) is 25.1 Å². The summed E-state index contributed by atoms with van der Waals surface area (Å²) in [6.07, 6.45) is 2.61. The minimum atomic E-state index is -0.762. The molecule has 1 aromatic rings. The molecule has 1 heterocycles. The molecule has 6 heteroatoms. The van der Waals surface area contributed by atoms with Gasteiger partial charge in [0.25, 0.3) is 0 Å². The predicted octanol–water partition coefficient (Wildman–Crippen LogP) is -0.942. The molecular weight excluding hydrogens is 174 g/mol. The number of aliphatic hydroxyl groups is 1. The number of ether oxygens (including phenoxy) is 2. The molecule has 0 aromatic carbocycles. The van der Waals surface area contributed by atoms with E-state index in [-0.39, 0.29) is 0 Å². The quantitative estimate of drug-likeness (QED) is 0.601. The predicted molar refractivity (Wildman–Crippen MR) is 42.7 cm³/mol. The Balaban J connectivity index is 2.44. The Hall–Kier alpha value is -0.980. The van der Waals surface area contributed by atoms with Crippen LogP contribution in [0.25, 0.3) is 0 Å². The van der Waals surface area contributed by atoms with Gasteiger partial charge in [0.2, 0.25) is 6.33 Å². The first-order valence-corrected chi connectivity index (χ1v) is 3.77. The Morgan fingerprint density at radius 3 is 2.69 bits per heavy atom. The zero-order valence-electron chi connectivity index (χ0n) is 7.54. The average molecular weight is 186 g/mol. The lowest BCUT2D eigenvalue weighted by atomic mass is 10.3. The van der Waals surface area contributed by atoms with Gasteiger partial charge in [0.1, 0.15) is 12.4 Å². The lowest BCUT2D eigenvalue weighted by molar-refractivity contribution is -0.167. The molecule has 0 fully saturated rings. The maximum Gasteiger partial charge on any atom is 0.201 e. The van der Waals surface area contributed by atoms with Crippen molar-refractivity contribution >= 4 is 0 Å². The van der Waals surface area contributed by atoms with E-state index in [0.717, 1.165) is 0 Å². The normalized spacial score (nSPS) is 13.5. The fourth-order valence-electron chi connectivity index (χ4n) is 0.983. The number of hydrogen-bond acceptors (Lipinski definition) is 5. The van der Waals surface area contributed by atoms with Gasteiger partial charge in [0.05, 0.1) is 6.54 Å². The molecule has 1 unspecified atom stereocenters. The van der Waals surface area contributed by atoms with Gasteiger partial charge in [-0.25, -0.2) is 0 Å². The highest BCUT2D eigenvalue weighted by Gasteiger charge is 2.18. The fraction of sp³-hybridized carbons (Fsp3) is 0.714. The van der Waals surface area contributed by atoms with Gasteiger partial charge in [-0.2, -0.15) is 0 Å². The molecule has 1 atom stereocenters. The minimum absolute atomic E-state index is 0.291. The topological polar surface area (TPSA) is 69.4 Å². The molecule has 6 nitrogen and oxygen atoms in total. The van der Waals surface area contributed by atoms with E-state index in [1.54, 1.807) is 0 Å². The fourth-order valence-corrected chi connectivity index (χ4v) is 0.983. The van der Waals surface area contributed by atoms with Crippen molar-refractivity contribution in [2.75, 3.05) is 14.2 Å². The van der Waals surface area contributed by atoms with Gasteiger partial charge in [-0.3, -0.25) is 0 Å². The molecule has 1 N–H and O–H groups in total. The zero-order chi connectivity index (χ0) is 9.68. The maximum atomic E-state index is 9.53. The van der Waals surface area contributed by atoms with Crippen LogP contribution in [0, 0.1) is 6.33 Å². The molecule has 0 aliphatic rings. The Labute approximate surface area is 76.1 Å². The first kappa shape index (κ1) is 10.1. The van der Waals surface area contributed by atoms with Crippen molar-refractivity contribution in [2.45, 2.75) is 18.9 Å². The van der Waals surface area contributed by atoms with Gasteiger partial charge in [0, 0.05) is 14.2 Å². The number of nitrogens with zero attached hydrogens (tertiary/aromatic N) is 3. The van der Waals surface area contributed by atoms with Gasteiger partial charge in [-0.15, -0.1) is 10.2 Å². The Morgan fingerprint density at radius 1 is 1.54 bits per heavy atom. The van der Waals surface area contributed by atoms with Crippen LogP contribution in [0.15, 0.2) is 6.33 Å². The summed E-state index contributed by atoms with van der Waals surface area (Å²) >= 11 is 0. The highest BCUT2D eigenvalue weighted by molar-refractivity contribution is 4.65. The maximum absolute atomic E-state index is 9.53. The second-order valence-electron chi connectivity index (χ2n) is 2.49. The highest BCUT2D eigenvalue weighted by Crippen LogP contribution is 2.01. The Morgan fingerprint density at radius 2 is 2.23 bits per heavy atom. The Bertz CT molecular complexity index is 223. The molecule has 1 aromatic heterocycles. The van der Waals surface area contributed by atoms with Crippen molar-refractivity contribution < 1.29 is 14.6 Å². The number of aromatic nitrogens is 3. The molecule has 13 heavy (non-hydrogen) atoms. The van der Waals surface area contributed by atoms with Crippen molar-refractivity contribution in [3.8, 4) is 0 Å². The second-order valence-corrected chi connectivity index (χ2v) is 2.49. The third kappa shape index (κ3) is 2.76. The van der Waals surface area contributed by atoms with Crippen LogP contribution in [0.3, 0.4) is 0 Å². The van der Waals surface area contributed by atoms with Gasteiger partial charge in [-0.05, 0) is 0 Å². The molecule has 73 valence electrons. The summed E-state index contributed by atoms with van der Waals surface area (Å²) in [6, 6.07) is 0. The van der Waals surface area contributed by atoms with Crippen molar-refractivity contribution in [3.63, 3.8) is 0 Å². The van der Waals surface area contributed by atoms with Crippen LogP contribution >= 0.6 is 0 Å². The number of rotatable bonds is 5. The number of hydrogen-bond donors (Lipinski definition) is 1. The first-order valence-electron chi connectivity index (χ1n) is 3.77. The lowest BCUT2D eigenvalue weighted by Crippen LogP contribution is -2.33. The summed E-state index contributed by atoms with van der Waals surface area (Å²) in [4.78, 5) is 0. The van der Waals surface area contributed by atoms with Crippen LogP contribution in [-0.4, -0.2) is 46.5 Å². The van der Waals surface area contributed by atoms with Gasteiger partial charge >= 0.3 is 0 Å². The van der Waals surface area contributed by atoms with Crippen LogP contribution in [0.5, 0.6) is 0 Å². The van der Waals surface area contributed by atoms with E-state index in [0.29, 0.717) is 6.54 Å². The number of methoxy groups -OCH3 is 2. The smallest absolute Gasteiger partial charge is 0.201 e. The van der Waals surface area contributed by atoms with Crippen LogP contribution in [0.2, 0.25) is 0 Å². The van der Waals surface area contributed by atoms with Gasteiger partial charge < -0.3 is 19.1 Å². The van der Waals surface area contributed by atoms with E-state index < -0.39 is 12.4 Å². The van der Waals surface area contributed by atoms with Gasteiger partial charge in [0.15, 0.2) is 6.29 Å². The van der Waals surface area contributed by atoms with Crippen molar-refractivity contribution in [2.24, 2.45) is 0 Å². The molecule has 0 aliphatic carbocycles. The monoisotopic (exact) mass is 186 g/mol. The van der Waals surface area contributed by atoms with Gasteiger partial charge in [-0.1, -0.05) is 0 Å². The number of aliphatic hydroxyl groups excluding tert-OH is 1. The highest BCUT2D eigenvalue weighted by atomic mass is 16.7. The summed E-state index contributed by atoms with van der Waals surface area (Å²) in [7, 11) is 2.93. The molecule has 0 saturated heterocycles. The Kier molecular flexibility index (Phi) is 3.81. The molecule has 0 aliphatic heterocycles. The molecule has 1 radical (unpaired) electrons. The molecule has 1 rings (SSSR count). The van der Waals surface area contributed by atoms with E-state index in [4.69, 9.17) is 9.47 Å². The summed E-state index contributed by atoms with van der Waals surface area (Å²) in [5, 5.41) is 16.6. The van der Waals surface area contributed by atoms with Crippen molar-refractivity contribution in [3.05, 3.63) is 12.7 Å². The zero-order valence-corrected chi connectivity index (χ0v) is 7.54. The van der Waals surface area contributed by atoms with Crippen molar-refractivity contribution in [1.29, 1.82) is 0 Å². The largest absolute Gasteiger partial charge is 0.386 e. The summed E-state index contributed by atoms with van der Waals surface area (Å²) in [6.45, 7) is 0.291. The molecule has 0 bridgehead atoms. The lowest BCUT2D eigenvalue weighted by Gasteiger charge is -2.19. The van der Waals surface area contributed by atoms with Crippen LogP contribution in [-0.2, 0) is 16.0 Å².